The molecule has 3 aromatic rings. The third kappa shape index (κ3) is 4.09. The van der Waals surface area contributed by atoms with Gasteiger partial charge in [-0.1, -0.05) is 24.3 Å². The first-order chi connectivity index (χ1) is 15.0. The highest BCUT2D eigenvalue weighted by atomic mass is 16.5. The fourth-order valence-electron chi connectivity index (χ4n) is 3.41. The van der Waals surface area contributed by atoms with Crippen molar-refractivity contribution in [3.63, 3.8) is 0 Å². The number of benzene rings is 3. The Hall–Kier alpha value is -4.20. The lowest BCUT2D eigenvalue weighted by molar-refractivity contribution is 0.0954. The van der Waals surface area contributed by atoms with Crippen LogP contribution in [0.5, 0.6) is 28.7 Å². The molecule has 1 heterocycles. The zero-order chi connectivity index (χ0) is 22.0. The first kappa shape index (κ1) is 20.1. The Labute approximate surface area is 178 Å². The van der Waals surface area contributed by atoms with Gasteiger partial charge in [0, 0.05) is 24.1 Å². The number of phenols is 3. The minimum atomic E-state index is -0.585. The number of nitrogens with zero attached hydrogens (tertiary/aromatic N) is 1. The minimum absolute atomic E-state index is 0.0518. The smallest absolute Gasteiger partial charge is 0.271 e. The average molecular weight is 420 g/mol. The van der Waals surface area contributed by atoms with Crippen LogP contribution < -0.4 is 14.9 Å². The minimum Gasteiger partial charge on any atom is -0.508 e. The molecule has 3 aromatic carbocycles. The SMILES string of the molecule is COc1ccc(C2C/C(=N\NC(=O)c3ccccc3)c3c(O)cc(O)cc3O2)cc1O. The quantitative estimate of drug-likeness (QED) is 0.480. The molecule has 1 atom stereocenters. The van der Waals surface area contributed by atoms with E-state index in [-0.39, 0.29) is 35.0 Å². The maximum atomic E-state index is 12.4. The Bertz CT molecular complexity index is 1160. The Balaban J connectivity index is 1.70. The summed E-state index contributed by atoms with van der Waals surface area (Å²) in [4.78, 5) is 12.4. The predicted molar refractivity (Wildman–Crippen MR) is 113 cm³/mol. The van der Waals surface area contributed by atoms with E-state index in [4.69, 9.17) is 9.47 Å². The molecule has 1 amide bonds. The fourth-order valence-corrected chi connectivity index (χ4v) is 3.41. The molecular weight excluding hydrogens is 400 g/mol. The molecule has 0 fully saturated rings. The van der Waals surface area contributed by atoms with E-state index in [0.717, 1.165) is 0 Å². The second-order valence-electron chi connectivity index (χ2n) is 6.95. The topological polar surface area (TPSA) is 121 Å². The number of ether oxygens (including phenoxy) is 2. The van der Waals surface area contributed by atoms with E-state index in [1.54, 1.807) is 42.5 Å². The summed E-state index contributed by atoms with van der Waals surface area (Å²) in [6.45, 7) is 0. The van der Waals surface area contributed by atoms with Gasteiger partial charge in [-0.05, 0) is 29.8 Å². The number of methoxy groups -OCH3 is 1. The largest absolute Gasteiger partial charge is 0.508 e. The molecule has 31 heavy (non-hydrogen) atoms. The first-order valence-corrected chi connectivity index (χ1v) is 9.48. The van der Waals surface area contributed by atoms with Crippen molar-refractivity contribution >= 4 is 11.6 Å². The summed E-state index contributed by atoms with van der Waals surface area (Å²) in [5.74, 6) is -0.334. The van der Waals surface area contributed by atoms with Crippen LogP contribution in [0.15, 0.2) is 65.8 Å². The van der Waals surface area contributed by atoms with Gasteiger partial charge in [-0.2, -0.15) is 5.10 Å². The van der Waals surface area contributed by atoms with Crippen LogP contribution in [0.1, 0.15) is 34.0 Å². The second-order valence-corrected chi connectivity index (χ2v) is 6.95. The standard InChI is InChI=1S/C23H20N2O6/c1-30-19-8-7-14(9-17(19)27)20-12-16(22-18(28)10-15(26)11-21(22)31-20)24-25-23(29)13-5-3-2-4-6-13/h2-11,20,26-28H,12H2,1H3,(H,25,29)/b24-16+. The van der Waals surface area contributed by atoms with Crippen molar-refractivity contribution in [3.8, 4) is 28.7 Å². The molecule has 0 aromatic heterocycles. The van der Waals surface area contributed by atoms with Crippen LogP contribution in [0.4, 0.5) is 0 Å². The number of rotatable bonds is 4. The van der Waals surface area contributed by atoms with Gasteiger partial charge in [-0.15, -0.1) is 0 Å². The van der Waals surface area contributed by atoms with Gasteiger partial charge >= 0.3 is 0 Å². The van der Waals surface area contributed by atoms with Crippen molar-refractivity contribution in [2.45, 2.75) is 12.5 Å². The number of carbonyl (C=O) groups is 1. The summed E-state index contributed by atoms with van der Waals surface area (Å²) in [5.41, 5.74) is 4.21. The summed E-state index contributed by atoms with van der Waals surface area (Å²) < 4.78 is 11.0. The van der Waals surface area contributed by atoms with Gasteiger partial charge in [0.2, 0.25) is 0 Å². The molecule has 1 aliphatic heterocycles. The Kier molecular flexibility index (Phi) is 5.36. The Morgan fingerprint density at radius 3 is 2.55 bits per heavy atom. The molecule has 0 spiro atoms. The normalized spacial score (nSPS) is 16.3. The van der Waals surface area contributed by atoms with Crippen LogP contribution >= 0.6 is 0 Å². The molecule has 4 rings (SSSR count). The molecule has 0 saturated carbocycles. The second kappa shape index (κ2) is 8.27. The van der Waals surface area contributed by atoms with E-state index < -0.39 is 12.0 Å². The summed E-state index contributed by atoms with van der Waals surface area (Å²) in [6, 6.07) is 16.0. The summed E-state index contributed by atoms with van der Waals surface area (Å²) in [5, 5.41) is 34.6. The van der Waals surface area contributed by atoms with Crippen LogP contribution in [0.2, 0.25) is 0 Å². The van der Waals surface area contributed by atoms with E-state index >= 15 is 0 Å². The molecule has 158 valence electrons. The zero-order valence-corrected chi connectivity index (χ0v) is 16.6. The van der Waals surface area contributed by atoms with Crippen molar-refractivity contribution in [1.82, 2.24) is 5.43 Å². The van der Waals surface area contributed by atoms with Gasteiger partial charge in [-0.3, -0.25) is 4.79 Å². The molecule has 0 saturated heterocycles. The third-order valence-corrected chi connectivity index (χ3v) is 4.91. The number of nitrogens with one attached hydrogen (secondary N) is 1. The molecule has 1 unspecified atom stereocenters. The van der Waals surface area contributed by atoms with Crippen molar-refractivity contribution in [2.75, 3.05) is 7.11 Å². The fraction of sp³-hybridized carbons (Fsp3) is 0.130. The van der Waals surface area contributed by atoms with E-state index in [9.17, 15) is 20.1 Å². The van der Waals surface area contributed by atoms with Crippen LogP contribution in [0, 0.1) is 0 Å². The highest BCUT2D eigenvalue weighted by Crippen LogP contribution is 2.43. The van der Waals surface area contributed by atoms with Crippen molar-refractivity contribution < 1.29 is 29.6 Å². The van der Waals surface area contributed by atoms with E-state index in [1.165, 1.54) is 25.3 Å². The third-order valence-electron chi connectivity index (χ3n) is 4.91. The van der Waals surface area contributed by atoms with E-state index in [1.807, 2.05) is 0 Å². The highest BCUT2D eigenvalue weighted by Gasteiger charge is 2.30. The molecule has 8 heteroatoms. The summed E-state index contributed by atoms with van der Waals surface area (Å²) in [6.07, 6.45) is -0.385. The van der Waals surface area contributed by atoms with Crippen LogP contribution in [0.25, 0.3) is 0 Å². The van der Waals surface area contributed by atoms with Crippen LogP contribution in [0.3, 0.4) is 0 Å². The maximum Gasteiger partial charge on any atom is 0.271 e. The molecule has 8 nitrogen and oxygen atoms in total. The number of aromatic hydroxyl groups is 3. The molecule has 1 aliphatic rings. The summed E-state index contributed by atoms with van der Waals surface area (Å²) in [7, 11) is 1.45. The number of phenolic OH excluding ortho intramolecular Hbond substituents is 3. The van der Waals surface area contributed by atoms with Gasteiger partial charge in [0.25, 0.3) is 5.91 Å². The maximum absolute atomic E-state index is 12.4. The lowest BCUT2D eigenvalue weighted by Gasteiger charge is -2.28. The monoisotopic (exact) mass is 420 g/mol. The number of hydrogen-bond donors (Lipinski definition) is 4. The molecule has 0 aliphatic carbocycles. The van der Waals surface area contributed by atoms with E-state index in [0.29, 0.717) is 22.6 Å². The van der Waals surface area contributed by atoms with Crippen LogP contribution in [-0.2, 0) is 0 Å². The molecular formula is C23H20N2O6. The molecule has 4 N–H and O–H groups in total. The lowest BCUT2D eigenvalue weighted by atomic mass is 9.94. The Morgan fingerprint density at radius 1 is 1.06 bits per heavy atom. The average Bonchev–Trinajstić information content (AvgIpc) is 2.77. The number of hydrogen-bond acceptors (Lipinski definition) is 7. The summed E-state index contributed by atoms with van der Waals surface area (Å²) >= 11 is 0. The van der Waals surface area contributed by atoms with Gasteiger partial charge in [0.05, 0.1) is 18.4 Å². The van der Waals surface area contributed by atoms with Crippen molar-refractivity contribution in [3.05, 3.63) is 77.4 Å². The predicted octanol–water partition coefficient (Wildman–Crippen LogP) is 3.47. The van der Waals surface area contributed by atoms with Crippen molar-refractivity contribution in [2.24, 2.45) is 5.10 Å². The Morgan fingerprint density at radius 2 is 1.84 bits per heavy atom. The van der Waals surface area contributed by atoms with Gasteiger partial charge in [0.1, 0.15) is 23.4 Å². The zero-order valence-electron chi connectivity index (χ0n) is 16.6. The van der Waals surface area contributed by atoms with Crippen LogP contribution in [-0.4, -0.2) is 34.0 Å². The molecule has 0 radical (unpaired) electrons. The number of amides is 1. The number of fused-ring (bicyclic) bond motifs is 1. The van der Waals surface area contributed by atoms with Gasteiger partial charge < -0.3 is 24.8 Å². The van der Waals surface area contributed by atoms with E-state index in [2.05, 4.69) is 10.5 Å². The van der Waals surface area contributed by atoms with Crippen molar-refractivity contribution in [1.29, 1.82) is 0 Å². The number of hydrazone groups is 1. The van der Waals surface area contributed by atoms with Gasteiger partial charge in [-0.25, -0.2) is 5.43 Å². The molecule has 0 bridgehead atoms. The van der Waals surface area contributed by atoms with Gasteiger partial charge in [0.15, 0.2) is 11.5 Å². The highest BCUT2D eigenvalue weighted by molar-refractivity contribution is 6.07. The lowest BCUT2D eigenvalue weighted by Crippen LogP contribution is -2.25. The first-order valence-electron chi connectivity index (χ1n) is 9.48. The number of carbonyl (C=O) groups excluding carboxylic acids is 1.